The summed E-state index contributed by atoms with van der Waals surface area (Å²) >= 11 is 0. The van der Waals surface area contributed by atoms with Crippen LogP contribution in [0, 0.1) is 11.8 Å². The van der Waals surface area contributed by atoms with Gasteiger partial charge in [0, 0.05) is 37.0 Å². The van der Waals surface area contributed by atoms with E-state index in [0.717, 1.165) is 12.8 Å². The van der Waals surface area contributed by atoms with Crippen molar-refractivity contribution in [1.82, 2.24) is 9.88 Å². The third kappa shape index (κ3) is 3.90. The van der Waals surface area contributed by atoms with Crippen LogP contribution in [0.25, 0.3) is 0 Å². The molecule has 1 saturated carbocycles. The molecule has 0 bridgehead atoms. The van der Waals surface area contributed by atoms with Gasteiger partial charge >= 0.3 is 0 Å². The van der Waals surface area contributed by atoms with Gasteiger partial charge in [-0.2, -0.15) is 0 Å². The van der Waals surface area contributed by atoms with Gasteiger partial charge in [0.05, 0.1) is 0 Å². The number of carbonyl (C=O) groups excluding carboxylic acids is 1. The van der Waals surface area contributed by atoms with Crippen molar-refractivity contribution < 1.29 is 18.3 Å². The van der Waals surface area contributed by atoms with Crippen molar-refractivity contribution in [3.05, 3.63) is 23.9 Å². The quantitative estimate of drug-likeness (QED) is 0.904. The van der Waals surface area contributed by atoms with Crippen LogP contribution in [0.5, 0.6) is 5.88 Å². The average molecular weight is 348 g/mol. The second kappa shape index (κ2) is 7.40. The van der Waals surface area contributed by atoms with E-state index < -0.39 is 13.0 Å². The summed E-state index contributed by atoms with van der Waals surface area (Å²) in [5, 5.41) is 0. The molecule has 128 valence electrons. The number of halogens is 3. The molecule has 1 aliphatic heterocycles. The smallest absolute Gasteiger partial charge is 0.272 e. The Kier molecular flexibility index (Phi) is 5.75. The fourth-order valence-corrected chi connectivity index (χ4v) is 3.43. The molecule has 2 heterocycles. The van der Waals surface area contributed by atoms with Crippen molar-refractivity contribution in [2.24, 2.45) is 17.6 Å². The molecule has 8 heteroatoms. The number of alkyl halides is 2. The van der Waals surface area contributed by atoms with E-state index in [-0.39, 0.29) is 30.2 Å². The van der Waals surface area contributed by atoms with Crippen molar-refractivity contribution >= 4 is 18.3 Å². The Morgan fingerprint density at radius 1 is 1.43 bits per heavy atom. The summed E-state index contributed by atoms with van der Waals surface area (Å²) in [6.07, 6.45) is 0.921. The van der Waals surface area contributed by atoms with E-state index in [1.807, 2.05) is 0 Å². The van der Waals surface area contributed by atoms with Crippen molar-refractivity contribution in [3.8, 4) is 5.88 Å². The second-order valence-corrected chi connectivity index (χ2v) is 5.96. The van der Waals surface area contributed by atoms with Gasteiger partial charge in [0.15, 0.2) is 6.61 Å². The highest BCUT2D eigenvalue weighted by atomic mass is 35.5. The first-order chi connectivity index (χ1) is 10.5. The maximum atomic E-state index is 12.5. The molecule has 1 saturated heterocycles. The minimum atomic E-state index is -2.57. The highest BCUT2D eigenvalue weighted by Gasteiger charge is 2.42. The normalized spacial score (nSPS) is 26.1. The first kappa shape index (κ1) is 17.9. The summed E-state index contributed by atoms with van der Waals surface area (Å²) in [6, 6.07) is 3.16. The lowest BCUT2D eigenvalue weighted by Gasteiger charge is -2.19. The molecule has 0 aromatic carbocycles. The van der Waals surface area contributed by atoms with Gasteiger partial charge in [0.1, 0.15) is 0 Å². The third-order valence-electron chi connectivity index (χ3n) is 4.54. The van der Waals surface area contributed by atoms with Crippen LogP contribution in [0.3, 0.4) is 0 Å². The van der Waals surface area contributed by atoms with Crippen LogP contribution in [0.1, 0.15) is 23.2 Å². The number of likely N-dealkylation sites (tertiary alicyclic amines) is 1. The Morgan fingerprint density at radius 2 is 2.22 bits per heavy atom. The molecule has 1 amide bonds. The zero-order valence-corrected chi connectivity index (χ0v) is 13.3. The maximum absolute atomic E-state index is 12.5. The van der Waals surface area contributed by atoms with Crippen LogP contribution in [0.2, 0.25) is 0 Å². The molecule has 1 aromatic heterocycles. The molecule has 2 aliphatic rings. The summed E-state index contributed by atoms with van der Waals surface area (Å²) in [7, 11) is 0. The molecule has 1 aromatic rings. The van der Waals surface area contributed by atoms with Crippen LogP contribution < -0.4 is 10.5 Å². The Balaban J connectivity index is 0.00000192. The van der Waals surface area contributed by atoms with Crippen LogP contribution >= 0.6 is 12.4 Å². The molecule has 2 fully saturated rings. The number of rotatable bonds is 4. The van der Waals surface area contributed by atoms with Crippen molar-refractivity contribution in [2.75, 3.05) is 19.7 Å². The lowest BCUT2D eigenvalue weighted by Crippen LogP contribution is -2.33. The molecule has 3 atom stereocenters. The molecule has 5 nitrogen and oxygen atoms in total. The first-order valence-electron chi connectivity index (χ1n) is 7.46. The van der Waals surface area contributed by atoms with Gasteiger partial charge in [0.25, 0.3) is 12.3 Å². The Bertz CT molecular complexity index is 561. The van der Waals surface area contributed by atoms with E-state index in [0.29, 0.717) is 30.5 Å². The van der Waals surface area contributed by atoms with Crippen molar-refractivity contribution in [1.29, 1.82) is 0 Å². The summed E-state index contributed by atoms with van der Waals surface area (Å²) in [5.41, 5.74) is 6.48. The fourth-order valence-electron chi connectivity index (χ4n) is 3.43. The third-order valence-corrected chi connectivity index (χ3v) is 4.54. The molecule has 3 unspecified atom stereocenters. The molecule has 1 aliphatic carbocycles. The predicted molar refractivity (Wildman–Crippen MR) is 83.1 cm³/mol. The van der Waals surface area contributed by atoms with E-state index in [1.165, 1.54) is 12.3 Å². The highest BCUT2D eigenvalue weighted by molar-refractivity contribution is 5.94. The number of pyridine rings is 1. The lowest BCUT2D eigenvalue weighted by atomic mass is 9.98. The largest absolute Gasteiger partial charge is 0.472 e. The topological polar surface area (TPSA) is 68.5 Å². The SMILES string of the molecule is Cl.NC1CCC2CN(C(=O)c3ccnc(OCC(F)F)c3)CC12. The number of hydrogen-bond acceptors (Lipinski definition) is 4. The van der Waals surface area contributed by atoms with E-state index in [9.17, 15) is 13.6 Å². The summed E-state index contributed by atoms with van der Waals surface area (Å²) in [6.45, 7) is 0.653. The van der Waals surface area contributed by atoms with E-state index >= 15 is 0 Å². The Hall–Kier alpha value is -1.47. The molecule has 0 spiro atoms. The predicted octanol–water partition coefficient (Wildman–Crippen LogP) is 1.96. The standard InChI is InChI=1S/C15H19F2N3O2.ClH/c16-13(17)8-22-14-5-9(3-4-19-14)15(21)20-6-10-1-2-12(18)11(10)7-20;/h3-5,10-13H,1-2,6-8,18H2;1H. The maximum Gasteiger partial charge on any atom is 0.272 e. The number of fused-ring (bicyclic) bond motifs is 1. The molecule has 23 heavy (non-hydrogen) atoms. The van der Waals surface area contributed by atoms with Gasteiger partial charge in [-0.05, 0) is 30.7 Å². The van der Waals surface area contributed by atoms with Gasteiger partial charge in [-0.15, -0.1) is 12.4 Å². The van der Waals surface area contributed by atoms with Crippen molar-refractivity contribution in [2.45, 2.75) is 25.3 Å². The van der Waals surface area contributed by atoms with Gasteiger partial charge in [-0.25, -0.2) is 13.8 Å². The number of aromatic nitrogens is 1. The molecule has 2 N–H and O–H groups in total. The van der Waals surface area contributed by atoms with Crippen molar-refractivity contribution in [3.63, 3.8) is 0 Å². The minimum absolute atomic E-state index is 0. The number of nitrogens with zero attached hydrogens (tertiary/aromatic N) is 2. The average Bonchev–Trinajstić information content (AvgIpc) is 3.07. The Labute approximate surface area is 139 Å². The van der Waals surface area contributed by atoms with E-state index in [4.69, 9.17) is 10.5 Å². The number of ether oxygens (including phenoxy) is 1. The number of nitrogens with two attached hydrogens (primary N) is 1. The minimum Gasteiger partial charge on any atom is -0.472 e. The van der Waals surface area contributed by atoms with Gasteiger partial charge < -0.3 is 15.4 Å². The highest BCUT2D eigenvalue weighted by Crippen LogP contribution is 2.37. The fraction of sp³-hybridized carbons (Fsp3) is 0.600. The van der Waals surface area contributed by atoms with E-state index in [1.54, 1.807) is 11.0 Å². The zero-order chi connectivity index (χ0) is 15.7. The lowest BCUT2D eigenvalue weighted by molar-refractivity contribution is 0.0769. The van der Waals surface area contributed by atoms with Crippen LogP contribution in [-0.2, 0) is 0 Å². The second-order valence-electron chi connectivity index (χ2n) is 5.96. The van der Waals surface area contributed by atoms with Gasteiger partial charge in [-0.3, -0.25) is 4.79 Å². The summed E-state index contributed by atoms with van der Waals surface area (Å²) in [5.74, 6) is 0.781. The molecule has 3 rings (SSSR count). The number of hydrogen-bond donors (Lipinski definition) is 1. The molecule has 0 radical (unpaired) electrons. The molecular weight excluding hydrogens is 328 g/mol. The van der Waals surface area contributed by atoms with Crippen LogP contribution in [0.4, 0.5) is 8.78 Å². The van der Waals surface area contributed by atoms with Crippen LogP contribution in [-0.4, -0.2) is 48.0 Å². The molecular formula is C15H20ClF2N3O2. The Morgan fingerprint density at radius 3 is 2.91 bits per heavy atom. The van der Waals surface area contributed by atoms with Gasteiger partial charge in [-0.1, -0.05) is 0 Å². The monoisotopic (exact) mass is 347 g/mol. The summed E-state index contributed by atoms with van der Waals surface area (Å²) < 4.78 is 29.2. The zero-order valence-electron chi connectivity index (χ0n) is 12.5. The summed E-state index contributed by atoms with van der Waals surface area (Å²) in [4.78, 5) is 18.2. The number of carbonyl (C=O) groups is 1. The number of amides is 1. The van der Waals surface area contributed by atoms with E-state index in [2.05, 4.69) is 4.98 Å². The van der Waals surface area contributed by atoms with Gasteiger partial charge in [0.2, 0.25) is 5.88 Å². The van der Waals surface area contributed by atoms with Crippen LogP contribution in [0.15, 0.2) is 18.3 Å². The first-order valence-corrected chi connectivity index (χ1v) is 7.46.